The molecule has 3 nitrogen and oxygen atoms in total. The number of alkyl halides is 1. The van der Waals surface area contributed by atoms with Gasteiger partial charge >= 0.3 is 0 Å². The molecule has 0 fully saturated rings. The summed E-state index contributed by atoms with van der Waals surface area (Å²) in [6, 6.07) is 7.72. The molecule has 0 saturated heterocycles. The Bertz CT molecular complexity index is 553. The second-order valence-electron chi connectivity index (χ2n) is 3.82. The predicted molar refractivity (Wildman–Crippen MR) is 81.2 cm³/mol. The summed E-state index contributed by atoms with van der Waals surface area (Å²) in [6.45, 7) is 0. The second kappa shape index (κ2) is 6.30. The summed E-state index contributed by atoms with van der Waals surface area (Å²) in [5.74, 6) is 2.49. The van der Waals surface area contributed by atoms with Crippen LogP contribution in [0.5, 0.6) is 17.2 Å². The molecule has 0 radical (unpaired) electrons. The number of ether oxygens (including phenoxy) is 3. The minimum Gasteiger partial charge on any atom is -0.497 e. The predicted octanol–water partition coefficient (Wildman–Crippen LogP) is 4.26. The lowest BCUT2D eigenvalue weighted by Crippen LogP contribution is -1.98. The topological polar surface area (TPSA) is 27.7 Å². The van der Waals surface area contributed by atoms with Crippen LogP contribution in [-0.4, -0.2) is 21.3 Å². The lowest BCUT2D eigenvalue weighted by molar-refractivity contribution is 0.398. The van der Waals surface area contributed by atoms with Crippen molar-refractivity contribution in [3.05, 3.63) is 40.1 Å². The molecule has 1 aromatic heterocycles. The van der Waals surface area contributed by atoms with Crippen molar-refractivity contribution < 1.29 is 14.2 Å². The Balaban J connectivity index is 2.45. The molecule has 1 aromatic carbocycles. The highest BCUT2D eigenvalue weighted by Crippen LogP contribution is 2.44. The Morgan fingerprint density at radius 1 is 1.00 bits per heavy atom. The summed E-state index contributed by atoms with van der Waals surface area (Å²) in [5, 5.41) is 2.01. The van der Waals surface area contributed by atoms with Gasteiger partial charge in [-0.25, -0.2) is 0 Å². The highest BCUT2D eigenvalue weighted by atomic mass is 79.9. The third kappa shape index (κ3) is 2.87. The SMILES string of the molecule is COc1ccc(OC)c(C(Br)c2sccc2OC)c1. The van der Waals surface area contributed by atoms with Crippen LogP contribution in [0.2, 0.25) is 0 Å². The lowest BCUT2D eigenvalue weighted by atomic mass is 10.1. The van der Waals surface area contributed by atoms with E-state index < -0.39 is 0 Å². The number of benzene rings is 1. The van der Waals surface area contributed by atoms with Crippen molar-refractivity contribution in [2.45, 2.75) is 4.83 Å². The Kier molecular flexibility index (Phi) is 4.71. The van der Waals surface area contributed by atoms with E-state index in [0.717, 1.165) is 27.7 Å². The average molecular weight is 343 g/mol. The lowest BCUT2D eigenvalue weighted by Gasteiger charge is -2.15. The number of hydrogen-bond donors (Lipinski definition) is 0. The zero-order valence-electron chi connectivity index (χ0n) is 11.0. The maximum Gasteiger partial charge on any atom is 0.134 e. The molecule has 0 bridgehead atoms. The van der Waals surface area contributed by atoms with Crippen molar-refractivity contribution in [2.24, 2.45) is 0 Å². The minimum absolute atomic E-state index is 0.00694. The number of halogens is 1. The molecule has 1 unspecified atom stereocenters. The highest BCUT2D eigenvalue weighted by Gasteiger charge is 2.21. The van der Waals surface area contributed by atoms with Crippen LogP contribution in [0.25, 0.3) is 0 Å². The molecule has 5 heteroatoms. The van der Waals surface area contributed by atoms with Crippen molar-refractivity contribution in [3.63, 3.8) is 0 Å². The van der Waals surface area contributed by atoms with Gasteiger partial charge in [-0.15, -0.1) is 11.3 Å². The fourth-order valence-electron chi connectivity index (χ4n) is 1.84. The van der Waals surface area contributed by atoms with Crippen molar-refractivity contribution >= 4 is 27.3 Å². The molecule has 1 atom stereocenters. The summed E-state index contributed by atoms with van der Waals surface area (Å²) in [7, 11) is 4.99. The first-order chi connectivity index (χ1) is 9.21. The van der Waals surface area contributed by atoms with Crippen molar-refractivity contribution in [1.82, 2.24) is 0 Å². The van der Waals surface area contributed by atoms with Gasteiger partial charge in [0.2, 0.25) is 0 Å². The fraction of sp³-hybridized carbons (Fsp3) is 0.286. The maximum absolute atomic E-state index is 5.42. The molecule has 0 aliphatic carbocycles. The van der Waals surface area contributed by atoms with E-state index in [0.29, 0.717) is 0 Å². The Morgan fingerprint density at radius 3 is 2.37 bits per heavy atom. The van der Waals surface area contributed by atoms with Crippen LogP contribution in [0.15, 0.2) is 29.6 Å². The molecule has 1 heterocycles. The molecule has 0 aliphatic rings. The summed E-state index contributed by atoms with van der Waals surface area (Å²) in [5.41, 5.74) is 1.02. The van der Waals surface area contributed by atoms with Crippen molar-refractivity contribution in [1.29, 1.82) is 0 Å². The van der Waals surface area contributed by atoms with E-state index >= 15 is 0 Å². The third-order valence-electron chi connectivity index (χ3n) is 2.82. The van der Waals surface area contributed by atoms with E-state index in [1.165, 1.54) is 0 Å². The van der Waals surface area contributed by atoms with Gasteiger partial charge in [0.05, 0.1) is 31.0 Å². The van der Waals surface area contributed by atoms with E-state index in [4.69, 9.17) is 14.2 Å². The fourth-order valence-corrected chi connectivity index (χ4v) is 3.60. The minimum atomic E-state index is 0.00694. The average Bonchev–Trinajstić information content (AvgIpc) is 2.94. The van der Waals surface area contributed by atoms with Crippen LogP contribution in [-0.2, 0) is 0 Å². The normalized spacial score (nSPS) is 12.0. The Morgan fingerprint density at radius 2 is 1.74 bits per heavy atom. The largest absolute Gasteiger partial charge is 0.497 e. The molecular weight excluding hydrogens is 328 g/mol. The first kappa shape index (κ1) is 14.2. The molecule has 0 saturated carbocycles. The third-order valence-corrected chi connectivity index (χ3v) is 5.03. The summed E-state index contributed by atoms with van der Waals surface area (Å²) in [6.07, 6.45) is 0. The van der Waals surface area contributed by atoms with Gasteiger partial charge in [-0.05, 0) is 29.6 Å². The van der Waals surface area contributed by atoms with Gasteiger partial charge < -0.3 is 14.2 Å². The van der Waals surface area contributed by atoms with Crippen LogP contribution in [0.3, 0.4) is 0 Å². The molecule has 2 rings (SSSR count). The smallest absolute Gasteiger partial charge is 0.134 e. The second-order valence-corrected chi connectivity index (χ2v) is 5.69. The monoisotopic (exact) mass is 342 g/mol. The van der Waals surface area contributed by atoms with Gasteiger partial charge in [-0.2, -0.15) is 0 Å². The van der Waals surface area contributed by atoms with E-state index in [1.807, 2.05) is 29.6 Å². The van der Waals surface area contributed by atoms with Gasteiger partial charge in [0.1, 0.15) is 17.2 Å². The quantitative estimate of drug-likeness (QED) is 0.760. The Labute approximate surface area is 125 Å². The molecule has 0 amide bonds. The Hall–Kier alpha value is -1.20. The highest BCUT2D eigenvalue weighted by molar-refractivity contribution is 9.09. The van der Waals surface area contributed by atoms with Crippen LogP contribution in [0.1, 0.15) is 15.3 Å². The van der Waals surface area contributed by atoms with Gasteiger partial charge in [-0.1, -0.05) is 15.9 Å². The summed E-state index contributed by atoms with van der Waals surface area (Å²) in [4.78, 5) is 1.11. The van der Waals surface area contributed by atoms with Crippen LogP contribution in [0.4, 0.5) is 0 Å². The van der Waals surface area contributed by atoms with Gasteiger partial charge in [0.15, 0.2) is 0 Å². The molecular formula is C14H15BrO3S. The van der Waals surface area contributed by atoms with E-state index in [9.17, 15) is 0 Å². The van der Waals surface area contributed by atoms with E-state index in [2.05, 4.69) is 15.9 Å². The van der Waals surface area contributed by atoms with Gasteiger partial charge in [-0.3, -0.25) is 0 Å². The first-order valence-electron chi connectivity index (χ1n) is 5.68. The molecule has 102 valence electrons. The number of methoxy groups -OCH3 is 3. The molecule has 0 N–H and O–H groups in total. The molecule has 19 heavy (non-hydrogen) atoms. The van der Waals surface area contributed by atoms with Crippen molar-refractivity contribution in [3.8, 4) is 17.2 Å². The number of hydrogen-bond acceptors (Lipinski definition) is 4. The van der Waals surface area contributed by atoms with Crippen LogP contribution >= 0.6 is 27.3 Å². The van der Waals surface area contributed by atoms with Crippen molar-refractivity contribution in [2.75, 3.05) is 21.3 Å². The zero-order valence-corrected chi connectivity index (χ0v) is 13.4. The standard InChI is InChI=1S/C14H15BrO3S/c1-16-9-4-5-11(17-2)10(8-9)13(15)14-12(18-3)6-7-19-14/h4-8,13H,1-3H3. The van der Waals surface area contributed by atoms with Gasteiger partial charge in [0.25, 0.3) is 0 Å². The van der Waals surface area contributed by atoms with Gasteiger partial charge in [0, 0.05) is 5.56 Å². The summed E-state index contributed by atoms with van der Waals surface area (Å²) >= 11 is 5.36. The number of thiophene rings is 1. The van der Waals surface area contributed by atoms with E-state index in [1.54, 1.807) is 32.7 Å². The molecule has 2 aromatic rings. The van der Waals surface area contributed by atoms with E-state index in [-0.39, 0.29) is 4.83 Å². The molecule has 0 spiro atoms. The summed E-state index contributed by atoms with van der Waals surface area (Å²) < 4.78 is 16.1. The molecule has 0 aliphatic heterocycles. The maximum atomic E-state index is 5.42. The first-order valence-corrected chi connectivity index (χ1v) is 7.48. The van der Waals surface area contributed by atoms with Crippen LogP contribution in [0, 0.1) is 0 Å². The zero-order chi connectivity index (χ0) is 13.8. The number of rotatable bonds is 5. The van der Waals surface area contributed by atoms with Crippen LogP contribution < -0.4 is 14.2 Å².